The minimum absolute atomic E-state index is 0.170. The van der Waals surface area contributed by atoms with E-state index in [0.29, 0.717) is 26.2 Å². The Labute approximate surface area is 70.9 Å². The van der Waals surface area contributed by atoms with Crippen LogP contribution in [0.2, 0.25) is 0 Å². The molecule has 2 rings (SSSR count). The first-order valence-corrected chi connectivity index (χ1v) is 4.27. The first kappa shape index (κ1) is 8.01. The molecule has 12 heavy (non-hydrogen) atoms. The van der Waals surface area contributed by atoms with Crippen molar-refractivity contribution in [1.29, 1.82) is 0 Å². The molecule has 0 aliphatic carbocycles. The lowest BCUT2D eigenvalue weighted by atomic mass is 9.74. The highest BCUT2D eigenvalue weighted by Gasteiger charge is 2.50. The van der Waals surface area contributed by atoms with Crippen LogP contribution < -0.4 is 5.32 Å². The Morgan fingerprint density at radius 1 is 1.67 bits per heavy atom. The molecule has 0 amide bonds. The average molecular weight is 171 g/mol. The van der Waals surface area contributed by atoms with Crippen molar-refractivity contribution in [3.8, 4) is 0 Å². The lowest BCUT2D eigenvalue weighted by Gasteiger charge is -2.34. The second kappa shape index (κ2) is 2.71. The van der Waals surface area contributed by atoms with Crippen LogP contribution in [-0.2, 0) is 9.53 Å². The molecule has 2 aliphatic rings. The van der Waals surface area contributed by atoms with Gasteiger partial charge in [0.25, 0.3) is 0 Å². The Bertz CT molecular complexity index is 206. The zero-order valence-corrected chi connectivity index (χ0v) is 6.88. The molecule has 4 heteroatoms. The van der Waals surface area contributed by atoms with Crippen molar-refractivity contribution in [1.82, 2.24) is 5.32 Å². The molecule has 0 unspecified atom stereocenters. The molecule has 0 aromatic carbocycles. The van der Waals surface area contributed by atoms with Gasteiger partial charge in [-0.15, -0.1) is 0 Å². The van der Waals surface area contributed by atoms with Gasteiger partial charge in [-0.25, -0.2) is 0 Å². The molecule has 2 N–H and O–H groups in total. The van der Waals surface area contributed by atoms with E-state index in [1.807, 2.05) is 0 Å². The summed E-state index contributed by atoms with van der Waals surface area (Å²) in [5.74, 6) is -0.496. The normalized spacial score (nSPS) is 40.8. The van der Waals surface area contributed by atoms with Crippen molar-refractivity contribution in [3.05, 3.63) is 0 Å². The zero-order valence-electron chi connectivity index (χ0n) is 6.88. The largest absolute Gasteiger partial charge is 0.481 e. The van der Waals surface area contributed by atoms with Gasteiger partial charge in [-0.3, -0.25) is 4.79 Å². The molecule has 2 atom stereocenters. The molecule has 4 nitrogen and oxygen atoms in total. The van der Waals surface area contributed by atoms with E-state index >= 15 is 0 Å². The predicted molar refractivity (Wildman–Crippen MR) is 41.9 cm³/mol. The summed E-state index contributed by atoms with van der Waals surface area (Å²) < 4.78 is 5.26. The number of aliphatic carboxylic acids is 1. The highest BCUT2D eigenvalue weighted by molar-refractivity contribution is 5.76. The van der Waals surface area contributed by atoms with Gasteiger partial charge < -0.3 is 15.2 Å². The number of nitrogens with one attached hydrogen (secondary N) is 1. The number of carbonyl (C=O) groups is 1. The Hall–Kier alpha value is -0.610. The standard InChI is InChI=1S/C8H13NO3/c10-7(11)8-1-2-12-4-6(8)3-9-5-8/h6,9H,1-5H2,(H,10,11)/t6-,8+/m0/s1. The summed E-state index contributed by atoms with van der Waals surface area (Å²) >= 11 is 0. The lowest BCUT2D eigenvalue weighted by molar-refractivity contribution is -0.157. The maximum Gasteiger partial charge on any atom is 0.311 e. The van der Waals surface area contributed by atoms with E-state index in [1.165, 1.54) is 0 Å². The number of fused-ring (bicyclic) bond motifs is 1. The molecule has 0 radical (unpaired) electrons. The molecule has 2 aliphatic heterocycles. The monoisotopic (exact) mass is 171 g/mol. The zero-order chi connectivity index (χ0) is 8.60. The second-order valence-corrected chi connectivity index (χ2v) is 3.61. The Morgan fingerprint density at radius 2 is 2.50 bits per heavy atom. The molecule has 68 valence electrons. The molecule has 0 spiro atoms. The summed E-state index contributed by atoms with van der Waals surface area (Å²) in [4.78, 5) is 11.1. The number of hydrogen-bond acceptors (Lipinski definition) is 3. The van der Waals surface area contributed by atoms with Crippen LogP contribution in [-0.4, -0.2) is 37.4 Å². The third kappa shape index (κ3) is 0.949. The summed E-state index contributed by atoms with van der Waals surface area (Å²) in [6.45, 7) is 2.58. The lowest BCUT2D eigenvalue weighted by Crippen LogP contribution is -2.44. The van der Waals surface area contributed by atoms with Crippen LogP contribution in [0.3, 0.4) is 0 Å². The van der Waals surface area contributed by atoms with Crippen molar-refractivity contribution in [3.63, 3.8) is 0 Å². The molecule has 0 aromatic rings. The molecule has 0 saturated carbocycles. The Balaban J connectivity index is 2.23. The van der Waals surface area contributed by atoms with Crippen molar-refractivity contribution < 1.29 is 14.6 Å². The van der Waals surface area contributed by atoms with Crippen LogP contribution in [0.5, 0.6) is 0 Å². The summed E-state index contributed by atoms with van der Waals surface area (Å²) in [5.41, 5.74) is -0.530. The van der Waals surface area contributed by atoms with Crippen LogP contribution in [0.15, 0.2) is 0 Å². The van der Waals surface area contributed by atoms with Gasteiger partial charge in [0.15, 0.2) is 0 Å². The smallest absolute Gasteiger partial charge is 0.311 e. The SMILES string of the molecule is O=C(O)[C@@]12CCOC[C@@H]1CNC2. The van der Waals surface area contributed by atoms with Crippen molar-refractivity contribution >= 4 is 5.97 Å². The third-order valence-electron chi connectivity index (χ3n) is 3.05. The van der Waals surface area contributed by atoms with Gasteiger partial charge in [0.05, 0.1) is 12.0 Å². The van der Waals surface area contributed by atoms with E-state index in [4.69, 9.17) is 9.84 Å². The first-order chi connectivity index (χ1) is 5.76. The molecule has 2 saturated heterocycles. The highest BCUT2D eigenvalue weighted by Crippen LogP contribution is 2.38. The Morgan fingerprint density at radius 3 is 3.17 bits per heavy atom. The summed E-state index contributed by atoms with van der Waals surface area (Å²) in [6.07, 6.45) is 0.653. The summed E-state index contributed by atoms with van der Waals surface area (Å²) in [5, 5.41) is 12.2. The number of ether oxygens (including phenoxy) is 1. The fourth-order valence-corrected chi connectivity index (χ4v) is 2.16. The fraction of sp³-hybridized carbons (Fsp3) is 0.875. The van der Waals surface area contributed by atoms with Gasteiger partial charge >= 0.3 is 5.97 Å². The average Bonchev–Trinajstić information content (AvgIpc) is 2.48. The predicted octanol–water partition coefficient (Wildman–Crippen LogP) is -0.303. The van der Waals surface area contributed by atoms with Gasteiger partial charge in [0.2, 0.25) is 0 Å². The minimum Gasteiger partial charge on any atom is -0.481 e. The van der Waals surface area contributed by atoms with Gasteiger partial charge in [0.1, 0.15) is 0 Å². The fourth-order valence-electron chi connectivity index (χ4n) is 2.16. The topological polar surface area (TPSA) is 58.6 Å². The van der Waals surface area contributed by atoms with E-state index in [1.54, 1.807) is 0 Å². The second-order valence-electron chi connectivity index (χ2n) is 3.61. The van der Waals surface area contributed by atoms with E-state index in [9.17, 15) is 4.79 Å². The Kier molecular flexibility index (Phi) is 1.81. The van der Waals surface area contributed by atoms with Crippen molar-refractivity contribution in [2.45, 2.75) is 6.42 Å². The van der Waals surface area contributed by atoms with Crippen LogP contribution in [0.25, 0.3) is 0 Å². The number of hydrogen-bond donors (Lipinski definition) is 2. The molecule has 0 bridgehead atoms. The number of rotatable bonds is 1. The van der Waals surface area contributed by atoms with E-state index < -0.39 is 11.4 Å². The van der Waals surface area contributed by atoms with Gasteiger partial charge in [-0.1, -0.05) is 0 Å². The van der Waals surface area contributed by atoms with Crippen LogP contribution in [0.1, 0.15) is 6.42 Å². The molecule has 2 fully saturated rings. The van der Waals surface area contributed by atoms with E-state index in [2.05, 4.69) is 5.32 Å². The molecular formula is C8H13NO3. The highest BCUT2D eigenvalue weighted by atomic mass is 16.5. The maximum atomic E-state index is 11.1. The van der Waals surface area contributed by atoms with Crippen molar-refractivity contribution in [2.24, 2.45) is 11.3 Å². The van der Waals surface area contributed by atoms with E-state index in [-0.39, 0.29) is 5.92 Å². The van der Waals surface area contributed by atoms with Gasteiger partial charge in [-0.05, 0) is 6.42 Å². The van der Waals surface area contributed by atoms with Crippen LogP contribution in [0, 0.1) is 11.3 Å². The van der Waals surface area contributed by atoms with Gasteiger partial charge in [-0.2, -0.15) is 0 Å². The number of carboxylic acids is 1. The summed E-state index contributed by atoms with van der Waals surface area (Å²) in [7, 11) is 0. The van der Waals surface area contributed by atoms with Gasteiger partial charge in [0, 0.05) is 25.6 Å². The first-order valence-electron chi connectivity index (χ1n) is 4.27. The van der Waals surface area contributed by atoms with Crippen LogP contribution in [0.4, 0.5) is 0 Å². The molecule has 0 aromatic heterocycles. The minimum atomic E-state index is -0.666. The van der Waals surface area contributed by atoms with Crippen LogP contribution >= 0.6 is 0 Å². The quantitative estimate of drug-likeness (QED) is 0.568. The summed E-state index contributed by atoms with van der Waals surface area (Å²) in [6, 6.07) is 0. The molecular weight excluding hydrogens is 158 g/mol. The van der Waals surface area contributed by atoms with Crippen molar-refractivity contribution in [2.75, 3.05) is 26.3 Å². The number of carboxylic acid groups (broad SMARTS) is 1. The third-order valence-corrected chi connectivity index (χ3v) is 3.05. The molecule has 2 heterocycles. The maximum absolute atomic E-state index is 11.1. The van der Waals surface area contributed by atoms with E-state index in [0.717, 1.165) is 6.54 Å².